The lowest BCUT2D eigenvalue weighted by atomic mass is 10.1. The Hall–Kier alpha value is -1.69. The first-order valence-corrected chi connectivity index (χ1v) is 6.65. The molecule has 1 unspecified atom stereocenters. The zero-order valence-electron chi connectivity index (χ0n) is 11.1. The normalized spacial score (nSPS) is 17.6. The fourth-order valence-corrected chi connectivity index (χ4v) is 2.13. The highest BCUT2D eigenvalue weighted by Gasteiger charge is 2.26. The van der Waals surface area contributed by atoms with Crippen molar-refractivity contribution in [1.82, 2.24) is 10.2 Å². The maximum absolute atomic E-state index is 13.1. The molecule has 0 aliphatic carbocycles. The summed E-state index contributed by atoms with van der Waals surface area (Å²) in [5, 5.41) is 2.41. The van der Waals surface area contributed by atoms with Crippen LogP contribution in [0.2, 0.25) is 0 Å². The monoisotopic (exact) mass is 284 g/mol. The Labute approximate surface area is 116 Å². The van der Waals surface area contributed by atoms with Crippen molar-refractivity contribution in [3.05, 3.63) is 35.9 Å². The molecule has 110 valence electrons. The van der Waals surface area contributed by atoms with Crippen molar-refractivity contribution in [3.63, 3.8) is 0 Å². The molecule has 6 heteroatoms. The number of carbonyl (C=O) groups excluding carboxylic acids is 1. The Balaban J connectivity index is 2.02. The van der Waals surface area contributed by atoms with Crippen molar-refractivity contribution in [3.8, 4) is 0 Å². The van der Waals surface area contributed by atoms with Gasteiger partial charge in [0.05, 0.1) is 6.61 Å². The van der Waals surface area contributed by atoms with Crippen LogP contribution in [0.1, 0.15) is 18.0 Å². The van der Waals surface area contributed by atoms with E-state index in [1.54, 1.807) is 30.3 Å². The molecule has 1 aliphatic heterocycles. The highest BCUT2D eigenvalue weighted by Crippen LogP contribution is 2.20. The maximum atomic E-state index is 13.1. The van der Waals surface area contributed by atoms with Crippen molar-refractivity contribution < 1.29 is 18.3 Å². The summed E-state index contributed by atoms with van der Waals surface area (Å²) in [4.78, 5) is 13.6. The molecule has 2 amide bonds. The number of hydrogen-bond acceptors (Lipinski definition) is 2. The summed E-state index contributed by atoms with van der Waals surface area (Å²) in [7, 11) is 0. The van der Waals surface area contributed by atoms with Gasteiger partial charge in [0.2, 0.25) is 0 Å². The van der Waals surface area contributed by atoms with Crippen molar-refractivity contribution in [2.75, 3.05) is 26.3 Å². The third-order valence-corrected chi connectivity index (χ3v) is 3.20. The average molecular weight is 284 g/mol. The van der Waals surface area contributed by atoms with Crippen LogP contribution in [0, 0.1) is 0 Å². The number of amides is 2. The summed E-state index contributed by atoms with van der Waals surface area (Å²) in [5.41, 5.74) is 0.405. The zero-order valence-corrected chi connectivity index (χ0v) is 11.1. The molecule has 1 fully saturated rings. The van der Waals surface area contributed by atoms with Crippen LogP contribution in [0.5, 0.6) is 0 Å². The van der Waals surface area contributed by atoms with Crippen molar-refractivity contribution in [2.24, 2.45) is 0 Å². The van der Waals surface area contributed by atoms with Crippen molar-refractivity contribution in [2.45, 2.75) is 18.9 Å². The molecule has 0 aromatic heterocycles. The summed E-state index contributed by atoms with van der Waals surface area (Å²) >= 11 is 0. The number of hydrogen-bond donors (Lipinski definition) is 1. The molecule has 0 saturated carbocycles. The van der Waals surface area contributed by atoms with Gasteiger partial charge in [-0.2, -0.15) is 0 Å². The van der Waals surface area contributed by atoms with E-state index >= 15 is 0 Å². The standard InChI is InChI=1S/C14H18F2N2O2/c15-13(16)12(11-5-2-1-3-6-11)17-14(19)18-7-4-9-20-10-8-18/h1-3,5-6,12-13H,4,7-10H2,(H,17,19). The highest BCUT2D eigenvalue weighted by molar-refractivity contribution is 5.74. The number of ether oxygens (including phenoxy) is 1. The minimum atomic E-state index is -2.65. The Morgan fingerprint density at radius 2 is 1.95 bits per heavy atom. The molecule has 1 aromatic rings. The molecular formula is C14H18F2N2O2. The third-order valence-electron chi connectivity index (χ3n) is 3.20. The van der Waals surface area contributed by atoms with E-state index in [0.29, 0.717) is 31.9 Å². The van der Waals surface area contributed by atoms with Gasteiger partial charge in [-0.3, -0.25) is 0 Å². The van der Waals surface area contributed by atoms with E-state index in [2.05, 4.69) is 5.32 Å². The summed E-state index contributed by atoms with van der Waals surface area (Å²) in [5.74, 6) is 0. The molecule has 0 radical (unpaired) electrons. The van der Waals surface area contributed by atoms with Crippen molar-refractivity contribution in [1.29, 1.82) is 0 Å². The van der Waals surface area contributed by atoms with Gasteiger partial charge < -0.3 is 15.0 Å². The number of nitrogens with zero attached hydrogens (tertiary/aromatic N) is 1. The molecule has 1 N–H and O–H groups in total. The fourth-order valence-electron chi connectivity index (χ4n) is 2.13. The predicted molar refractivity (Wildman–Crippen MR) is 70.7 cm³/mol. The van der Waals surface area contributed by atoms with Gasteiger partial charge in [-0.15, -0.1) is 0 Å². The number of benzene rings is 1. The lowest BCUT2D eigenvalue weighted by Gasteiger charge is -2.25. The molecule has 1 aliphatic rings. The highest BCUT2D eigenvalue weighted by atomic mass is 19.3. The average Bonchev–Trinajstić information content (AvgIpc) is 2.74. The van der Waals surface area contributed by atoms with Gasteiger partial charge in [-0.25, -0.2) is 13.6 Å². The lowest BCUT2D eigenvalue weighted by Crippen LogP contribution is -2.44. The largest absolute Gasteiger partial charge is 0.380 e. The zero-order chi connectivity index (χ0) is 14.4. The smallest absolute Gasteiger partial charge is 0.318 e. The lowest BCUT2D eigenvalue weighted by molar-refractivity contribution is 0.0955. The molecule has 0 spiro atoms. The minimum Gasteiger partial charge on any atom is -0.380 e. The second-order valence-electron chi connectivity index (χ2n) is 4.63. The Morgan fingerprint density at radius 1 is 1.20 bits per heavy atom. The summed E-state index contributed by atoms with van der Waals surface area (Å²) < 4.78 is 31.5. The van der Waals surface area contributed by atoms with Crippen molar-refractivity contribution >= 4 is 6.03 Å². The maximum Gasteiger partial charge on any atom is 0.318 e. The van der Waals surface area contributed by atoms with E-state index in [1.165, 1.54) is 4.90 Å². The van der Waals surface area contributed by atoms with Crippen LogP contribution < -0.4 is 5.32 Å². The van der Waals surface area contributed by atoms with E-state index < -0.39 is 18.5 Å². The number of rotatable bonds is 3. The number of halogens is 2. The molecular weight excluding hydrogens is 266 g/mol. The molecule has 0 bridgehead atoms. The fraction of sp³-hybridized carbons (Fsp3) is 0.500. The van der Waals surface area contributed by atoms with Gasteiger partial charge >= 0.3 is 6.03 Å². The Bertz CT molecular complexity index is 420. The van der Waals surface area contributed by atoms with Crippen LogP contribution in [0.15, 0.2) is 30.3 Å². The molecule has 4 nitrogen and oxygen atoms in total. The first-order valence-electron chi connectivity index (χ1n) is 6.65. The summed E-state index contributed by atoms with van der Waals surface area (Å²) in [6.45, 7) is 1.99. The second kappa shape index (κ2) is 7.19. The molecule has 1 atom stereocenters. The topological polar surface area (TPSA) is 41.6 Å². The van der Waals surface area contributed by atoms with Gasteiger partial charge in [-0.1, -0.05) is 30.3 Å². The van der Waals surface area contributed by atoms with Crippen LogP contribution in [0.25, 0.3) is 0 Å². The minimum absolute atomic E-state index is 0.405. The van der Waals surface area contributed by atoms with E-state index in [9.17, 15) is 13.6 Å². The van der Waals surface area contributed by atoms with E-state index in [4.69, 9.17) is 4.74 Å². The molecule has 2 rings (SSSR count). The Kier molecular flexibility index (Phi) is 5.29. The molecule has 1 aromatic carbocycles. The number of nitrogens with one attached hydrogen (secondary N) is 1. The molecule has 1 saturated heterocycles. The van der Waals surface area contributed by atoms with Gasteiger partial charge in [0.15, 0.2) is 0 Å². The van der Waals surface area contributed by atoms with Crippen LogP contribution in [-0.2, 0) is 4.74 Å². The summed E-state index contributed by atoms with van der Waals surface area (Å²) in [6, 6.07) is 6.52. The first-order chi connectivity index (χ1) is 9.68. The summed E-state index contributed by atoms with van der Waals surface area (Å²) in [6.07, 6.45) is -1.93. The third kappa shape index (κ3) is 3.90. The Morgan fingerprint density at radius 3 is 2.65 bits per heavy atom. The quantitative estimate of drug-likeness (QED) is 0.926. The first kappa shape index (κ1) is 14.7. The van der Waals surface area contributed by atoms with E-state index in [0.717, 1.165) is 6.42 Å². The SMILES string of the molecule is O=C(NC(c1ccccc1)C(F)F)N1CCCOCC1. The molecule has 20 heavy (non-hydrogen) atoms. The molecule has 1 heterocycles. The number of alkyl halides is 2. The van der Waals surface area contributed by atoms with E-state index in [1.807, 2.05) is 0 Å². The van der Waals surface area contributed by atoms with Gasteiger partial charge in [-0.05, 0) is 12.0 Å². The van der Waals surface area contributed by atoms with Crippen LogP contribution >= 0.6 is 0 Å². The number of urea groups is 1. The van der Waals surface area contributed by atoms with E-state index in [-0.39, 0.29) is 0 Å². The van der Waals surface area contributed by atoms with Crippen LogP contribution in [0.3, 0.4) is 0 Å². The van der Waals surface area contributed by atoms with Gasteiger partial charge in [0, 0.05) is 19.7 Å². The number of carbonyl (C=O) groups is 1. The second-order valence-corrected chi connectivity index (χ2v) is 4.63. The van der Waals surface area contributed by atoms with Gasteiger partial charge in [0.25, 0.3) is 6.43 Å². The van der Waals surface area contributed by atoms with Gasteiger partial charge in [0.1, 0.15) is 6.04 Å². The van der Waals surface area contributed by atoms with Crippen LogP contribution in [0.4, 0.5) is 13.6 Å². The predicted octanol–water partition coefficient (Wildman–Crippen LogP) is 2.42. The van der Waals surface area contributed by atoms with Crippen LogP contribution in [-0.4, -0.2) is 43.7 Å².